The molecule has 0 saturated carbocycles. The van der Waals surface area contributed by atoms with E-state index in [0.29, 0.717) is 18.4 Å². The van der Waals surface area contributed by atoms with Crippen LogP contribution < -0.4 is 4.74 Å². The minimum Gasteiger partial charge on any atom is -0.508 e. The van der Waals surface area contributed by atoms with E-state index in [2.05, 4.69) is 0 Å². The third-order valence-corrected chi connectivity index (χ3v) is 4.94. The van der Waals surface area contributed by atoms with Gasteiger partial charge < -0.3 is 20.1 Å². The fraction of sp³-hybridized carbons (Fsp3) is 0.250. The zero-order valence-electron chi connectivity index (χ0n) is 14.4. The van der Waals surface area contributed by atoms with Gasteiger partial charge in [0.25, 0.3) is 0 Å². The summed E-state index contributed by atoms with van der Waals surface area (Å²) >= 11 is 0. The number of ketones is 3. The fourth-order valence-electron chi connectivity index (χ4n) is 3.75. The highest BCUT2D eigenvalue weighted by Gasteiger charge is 2.38. The number of carbonyl (C=O) groups is 3. The summed E-state index contributed by atoms with van der Waals surface area (Å²) in [6, 6.07) is 3.47. The van der Waals surface area contributed by atoms with E-state index in [1.165, 1.54) is 13.0 Å². The van der Waals surface area contributed by atoms with Gasteiger partial charge in [-0.15, -0.1) is 0 Å². The van der Waals surface area contributed by atoms with Gasteiger partial charge in [-0.25, -0.2) is 0 Å². The lowest BCUT2D eigenvalue weighted by atomic mass is 9.81. The van der Waals surface area contributed by atoms with E-state index in [9.17, 15) is 29.7 Å². The van der Waals surface area contributed by atoms with Gasteiger partial charge in [0, 0.05) is 29.2 Å². The van der Waals surface area contributed by atoms with Crippen molar-refractivity contribution in [2.45, 2.75) is 32.3 Å². The van der Waals surface area contributed by atoms with Gasteiger partial charge in [0.2, 0.25) is 5.78 Å². The van der Waals surface area contributed by atoms with Crippen molar-refractivity contribution in [1.29, 1.82) is 0 Å². The maximum absolute atomic E-state index is 12.9. The third-order valence-electron chi connectivity index (χ3n) is 4.94. The minimum atomic E-state index is -0.691. The number of Topliss-reactive ketones (excluding diaryl/α,β-unsaturated/α-hetero) is 1. The average molecular weight is 368 g/mol. The zero-order chi connectivity index (χ0) is 19.5. The van der Waals surface area contributed by atoms with Gasteiger partial charge >= 0.3 is 0 Å². The molecule has 27 heavy (non-hydrogen) atoms. The lowest BCUT2D eigenvalue weighted by molar-refractivity contribution is -0.118. The van der Waals surface area contributed by atoms with Gasteiger partial charge in [-0.1, -0.05) is 0 Å². The first-order chi connectivity index (χ1) is 12.8. The van der Waals surface area contributed by atoms with E-state index in [0.717, 1.165) is 12.1 Å². The van der Waals surface area contributed by atoms with Gasteiger partial charge in [0.15, 0.2) is 5.78 Å². The summed E-state index contributed by atoms with van der Waals surface area (Å²) in [5, 5.41) is 30.3. The third kappa shape index (κ3) is 2.54. The predicted molar refractivity (Wildman–Crippen MR) is 92.8 cm³/mol. The van der Waals surface area contributed by atoms with E-state index >= 15 is 0 Å². The van der Waals surface area contributed by atoms with Crippen LogP contribution in [0.2, 0.25) is 0 Å². The Morgan fingerprint density at radius 3 is 2.48 bits per heavy atom. The number of hydrogen-bond acceptors (Lipinski definition) is 7. The number of rotatable bonds is 2. The average Bonchev–Trinajstić information content (AvgIpc) is 2.58. The summed E-state index contributed by atoms with van der Waals surface area (Å²) in [7, 11) is 0. The Labute approximate surface area is 153 Å². The number of hydrogen-bond donors (Lipinski definition) is 3. The minimum absolute atomic E-state index is 0.0308. The SMILES string of the molecule is CC(=O)C[C@H]1CCc2c(cc3c(c2O)C(=O)c2c(O)cc(O)cc2C3=O)O1. The number of benzene rings is 2. The Hall–Kier alpha value is -3.35. The van der Waals surface area contributed by atoms with Crippen molar-refractivity contribution in [2.75, 3.05) is 0 Å². The maximum atomic E-state index is 12.9. The molecule has 0 radical (unpaired) electrons. The molecule has 2 aliphatic rings. The van der Waals surface area contributed by atoms with Crippen LogP contribution in [-0.2, 0) is 11.2 Å². The maximum Gasteiger partial charge on any atom is 0.201 e. The molecule has 7 heteroatoms. The zero-order valence-corrected chi connectivity index (χ0v) is 14.4. The normalized spacial score (nSPS) is 17.6. The molecule has 138 valence electrons. The molecule has 0 fully saturated rings. The molecule has 7 nitrogen and oxygen atoms in total. The molecule has 4 rings (SSSR count). The fourth-order valence-corrected chi connectivity index (χ4v) is 3.75. The van der Waals surface area contributed by atoms with Crippen LogP contribution in [0.4, 0.5) is 0 Å². The number of carbonyl (C=O) groups excluding carboxylic acids is 3. The number of ether oxygens (including phenoxy) is 1. The van der Waals surface area contributed by atoms with Crippen molar-refractivity contribution in [3.05, 3.63) is 46.0 Å². The van der Waals surface area contributed by atoms with Crippen LogP contribution in [-0.4, -0.2) is 38.8 Å². The Morgan fingerprint density at radius 1 is 1.07 bits per heavy atom. The Balaban J connectivity index is 1.87. The summed E-state index contributed by atoms with van der Waals surface area (Å²) < 4.78 is 5.77. The van der Waals surface area contributed by atoms with Crippen LogP contribution in [0.5, 0.6) is 23.0 Å². The molecule has 0 spiro atoms. The molecular weight excluding hydrogens is 352 g/mol. The molecular formula is C20H16O7. The molecule has 0 aromatic heterocycles. The van der Waals surface area contributed by atoms with Crippen LogP contribution in [0, 0.1) is 0 Å². The molecule has 0 saturated heterocycles. The van der Waals surface area contributed by atoms with Crippen molar-refractivity contribution in [3.8, 4) is 23.0 Å². The van der Waals surface area contributed by atoms with Crippen LogP contribution in [0.3, 0.4) is 0 Å². The van der Waals surface area contributed by atoms with Crippen molar-refractivity contribution in [1.82, 2.24) is 0 Å². The van der Waals surface area contributed by atoms with Gasteiger partial charge in [-0.3, -0.25) is 14.4 Å². The molecule has 1 aliphatic heterocycles. The number of phenols is 3. The molecule has 2 aromatic rings. The Kier molecular flexibility index (Phi) is 3.69. The molecule has 3 N–H and O–H groups in total. The summed E-state index contributed by atoms with van der Waals surface area (Å²) in [5.41, 5.74) is -0.221. The van der Waals surface area contributed by atoms with E-state index < -0.39 is 17.3 Å². The van der Waals surface area contributed by atoms with Crippen LogP contribution in [0.15, 0.2) is 18.2 Å². The summed E-state index contributed by atoms with van der Waals surface area (Å²) in [6.07, 6.45) is 0.746. The topological polar surface area (TPSA) is 121 Å². The quantitative estimate of drug-likeness (QED) is 0.634. The van der Waals surface area contributed by atoms with Crippen molar-refractivity contribution < 1.29 is 34.4 Å². The first-order valence-electron chi connectivity index (χ1n) is 8.48. The van der Waals surface area contributed by atoms with E-state index in [1.807, 2.05) is 0 Å². The first kappa shape index (κ1) is 17.1. The number of phenolic OH excluding ortho intramolecular Hbond substituents is 3. The van der Waals surface area contributed by atoms with Crippen LogP contribution in [0.1, 0.15) is 57.2 Å². The monoisotopic (exact) mass is 368 g/mol. The lowest BCUT2D eigenvalue weighted by Crippen LogP contribution is -2.27. The Morgan fingerprint density at radius 2 is 1.78 bits per heavy atom. The summed E-state index contributed by atoms with van der Waals surface area (Å²) in [4.78, 5) is 37.1. The molecule has 0 unspecified atom stereocenters. The van der Waals surface area contributed by atoms with E-state index in [-0.39, 0.29) is 57.8 Å². The second-order valence-electron chi connectivity index (χ2n) is 6.85. The molecule has 1 atom stereocenters. The summed E-state index contributed by atoms with van der Waals surface area (Å²) in [6.45, 7) is 1.46. The van der Waals surface area contributed by atoms with Gasteiger partial charge in [-0.05, 0) is 31.9 Å². The highest BCUT2D eigenvalue weighted by molar-refractivity contribution is 6.30. The molecule has 1 heterocycles. The smallest absolute Gasteiger partial charge is 0.201 e. The van der Waals surface area contributed by atoms with E-state index in [4.69, 9.17) is 4.74 Å². The van der Waals surface area contributed by atoms with Crippen LogP contribution >= 0.6 is 0 Å². The Bertz CT molecular complexity index is 1040. The lowest BCUT2D eigenvalue weighted by Gasteiger charge is -2.29. The summed E-state index contributed by atoms with van der Waals surface area (Å²) in [5.74, 6) is -2.29. The van der Waals surface area contributed by atoms with Gasteiger partial charge in [0.1, 0.15) is 34.9 Å². The van der Waals surface area contributed by atoms with Crippen molar-refractivity contribution >= 4 is 17.3 Å². The molecule has 0 bridgehead atoms. The van der Waals surface area contributed by atoms with Crippen LogP contribution in [0.25, 0.3) is 0 Å². The second kappa shape index (κ2) is 5.84. The van der Waals surface area contributed by atoms with Crippen molar-refractivity contribution in [2.24, 2.45) is 0 Å². The second-order valence-corrected chi connectivity index (χ2v) is 6.85. The van der Waals surface area contributed by atoms with Gasteiger partial charge in [-0.2, -0.15) is 0 Å². The molecule has 1 aliphatic carbocycles. The van der Waals surface area contributed by atoms with Gasteiger partial charge in [0.05, 0.1) is 11.1 Å². The number of aromatic hydroxyl groups is 3. The molecule has 2 aromatic carbocycles. The highest BCUT2D eigenvalue weighted by atomic mass is 16.5. The predicted octanol–water partition coefficient (Wildman–Crippen LogP) is 2.25. The molecule has 0 amide bonds. The van der Waals surface area contributed by atoms with Crippen molar-refractivity contribution in [3.63, 3.8) is 0 Å². The largest absolute Gasteiger partial charge is 0.508 e. The first-order valence-corrected chi connectivity index (χ1v) is 8.48. The standard InChI is InChI=1S/C20H16O7/c1-8(21)4-10-2-3-11-15(27-10)7-13-17(19(11)25)20(26)16-12(18(13)24)5-9(22)6-14(16)23/h5-7,10,22-23,25H,2-4H2,1H3/t10-/m1/s1. The highest BCUT2D eigenvalue weighted by Crippen LogP contribution is 2.45. The van der Waals surface area contributed by atoms with E-state index in [1.54, 1.807) is 0 Å². The number of fused-ring (bicyclic) bond motifs is 3.